The number of nitrogens with zero attached hydrogens (tertiary/aromatic N) is 1. The van der Waals surface area contributed by atoms with Gasteiger partial charge in [-0.2, -0.15) is 0 Å². The molecule has 0 N–H and O–H groups in total. The standard InChI is InChI=1S/C21H17NO7/c1-14-7-8-15(11-18(14)22(25)26)19(23)13-28-21(24)20-10-9-17(29-20)12-27-16-5-3-2-4-6-16/h2-11H,12-13H2,1H3. The van der Waals surface area contributed by atoms with Crippen LogP contribution in [-0.2, 0) is 11.3 Å². The molecule has 29 heavy (non-hydrogen) atoms. The minimum absolute atomic E-state index is 0.0700. The number of ketones is 1. The molecule has 0 unspecified atom stereocenters. The zero-order chi connectivity index (χ0) is 20.8. The van der Waals surface area contributed by atoms with Crippen molar-refractivity contribution in [1.29, 1.82) is 0 Å². The van der Waals surface area contributed by atoms with Crippen molar-refractivity contribution in [2.24, 2.45) is 0 Å². The maximum Gasteiger partial charge on any atom is 0.374 e. The van der Waals surface area contributed by atoms with E-state index >= 15 is 0 Å². The van der Waals surface area contributed by atoms with E-state index in [0.29, 0.717) is 17.1 Å². The lowest BCUT2D eigenvalue weighted by molar-refractivity contribution is -0.385. The molecule has 0 fully saturated rings. The van der Waals surface area contributed by atoms with Gasteiger partial charge in [0.15, 0.2) is 6.61 Å². The van der Waals surface area contributed by atoms with Gasteiger partial charge in [0.2, 0.25) is 11.5 Å². The van der Waals surface area contributed by atoms with Crippen LogP contribution >= 0.6 is 0 Å². The fourth-order valence-electron chi connectivity index (χ4n) is 2.50. The summed E-state index contributed by atoms with van der Waals surface area (Å²) in [5, 5.41) is 11.0. The minimum atomic E-state index is -0.814. The van der Waals surface area contributed by atoms with Crippen molar-refractivity contribution < 1.29 is 28.4 Å². The van der Waals surface area contributed by atoms with Crippen molar-refractivity contribution in [3.63, 3.8) is 0 Å². The molecule has 1 aromatic heterocycles. The van der Waals surface area contributed by atoms with Crippen molar-refractivity contribution in [2.45, 2.75) is 13.5 Å². The van der Waals surface area contributed by atoms with Gasteiger partial charge in [0, 0.05) is 17.2 Å². The highest BCUT2D eigenvalue weighted by atomic mass is 16.6. The van der Waals surface area contributed by atoms with Gasteiger partial charge < -0.3 is 13.9 Å². The summed E-state index contributed by atoms with van der Waals surface area (Å²) in [6.07, 6.45) is 0. The number of para-hydroxylation sites is 1. The molecule has 0 radical (unpaired) electrons. The van der Waals surface area contributed by atoms with Gasteiger partial charge in [0.1, 0.15) is 18.1 Å². The number of nitro groups is 1. The number of esters is 1. The van der Waals surface area contributed by atoms with E-state index in [4.69, 9.17) is 13.9 Å². The predicted molar refractivity (Wildman–Crippen MR) is 102 cm³/mol. The highest BCUT2D eigenvalue weighted by Gasteiger charge is 2.18. The normalized spacial score (nSPS) is 10.4. The molecule has 0 saturated carbocycles. The Bertz CT molecular complexity index is 1040. The van der Waals surface area contributed by atoms with Crippen molar-refractivity contribution in [3.8, 4) is 5.75 Å². The molecule has 0 aliphatic rings. The summed E-state index contributed by atoms with van der Waals surface area (Å²) >= 11 is 0. The molecule has 8 heteroatoms. The second kappa shape index (κ2) is 8.83. The molecule has 148 valence electrons. The number of aryl methyl sites for hydroxylation is 1. The molecule has 3 aromatic rings. The number of rotatable bonds is 8. The lowest BCUT2D eigenvalue weighted by Crippen LogP contribution is -2.14. The summed E-state index contributed by atoms with van der Waals surface area (Å²) in [4.78, 5) is 34.7. The Kier molecular flexibility index (Phi) is 6.03. The van der Waals surface area contributed by atoms with E-state index in [-0.39, 0.29) is 23.6 Å². The molecule has 3 rings (SSSR count). The first-order chi connectivity index (χ1) is 13.9. The first-order valence-electron chi connectivity index (χ1n) is 8.66. The Balaban J connectivity index is 1.55. The van der Waals surface area contributed by atoms with Crippen LogP contribution in [0.5, 0.6) is 5.75 Å². The Morgan fingerprint density at radius 3 is 2.55 bits per heavy atom. The SMILES string of the molecule is Cc1ccc(C(=O)COC(=O)c2ccc(COc3ccccc3)o2)cc1[N+](=O)[O-]. The van der Waals surface area contributed by atoms with E-state index in [2.05, 4.69) is 0 Å². The number of nitro benzene ring substituents is 1. The molecule has 0 amide bonds. The van der Waals surface area contributed by atoms with Crippen LogP contribution in [0.25, 0.3) is 0 Å². The maximum atomic E-state index is 12.2. The van der Waals surface area contributed by atoms with E-state index < -0.39 is 23.3 Å². The number of hydrogen-bond acceptors (Lipinski definition) is 7. The molecule has 0 spiro atoms. The number of carbonyl (C=O) groups excluding carboxylic acids is 2. The van der Waals surface area contributed by atoms with Gasteiger partial charge in [-0.3, -0.25) is 14.9 Å². The Labute approximate surface area is 165 Å². The third-order valence-corrected chi connectivity index (χ3v) is 4.05. The highest BCUT2D eigenvalue weighted by Crippen LogP contribution is 2.20. The van der Waals surface area contributed by atoms with Crippen molar-refractivity contribution in [2.75, 3.05) is 6.61 Å². The van der Waals surface area contributed by atoms with E-state index in [0.717, 1.165) is 6.07 Å². The number of carbonyl (C=O) groups is 2. The second-order valence-corrected chi connectivity index (χ2v) is 6.13. The molecule has 0 saturated heterocycles. The Morgan fingerprint density at radius 2 is 1.83 bits per heavy atom. The zero-order valence-electron chi connectivity index (χ0n) is 15.5. The van der Waals surface area contributed by atoms with Gasteiger partial charge >= 0.3 is 5.97 Å². The van der Waals surface area contributed by atoms with Crippen LogP contribution in [0.1, 0.15) is 32.2 Å². The van der Waals surface area contributed by atoms with Gasteiger partial charge in [-0.15, -0.1) is 0 Å². The number of furan rings is 1. The number of ether oxygens (including phenoxy) is 2. The molecular weight excluding hydrogens is 378 g/mol. The summed E-state index contributed by atoms with van der Waals surface area (Å²) in [5.41, 5.74) is 0.354. The third-order valence-electron chi connectivity index (χ3n) is 4.05. The predicted octanol–water partition coefficient (Wildman–Crippen LogP) is 4.11. The highest BCUT2D eigenvalue weighted by molar-refractivity contribution is 5.99. The van der Waals surface area contributed by atoms with Crippen LogP contribution < -0.4 is 4.74 Å². The quantitative estimate of drug-likeness (QED) is 0.244. The summed E-state index contributed by atoms with van der Waals surface area (Å²) < 4.78 is 15.9. The maximum absolute atomic E-state index is 12.2. The van der Waals surface area contributed by atoms with E-state index in [1.807, 2.05) is 18.2 Å². The smallest absolute Gasteiger partial charge is 0.374 e. The first kappa shape index (κ1) is 19.8. The minimum Gasteiger partial charge on any atom is -0.486 e. The Hall–Kier alpha value is -3.94. The molecule has 0 aliphatic heterocycles. The molecular formula is C21H17NO7. The van der Waals surface area contributed by atoms with Crippen molar-refractivity contribution in [3.05, 3.63) is 93.4 Å². The third kappa shape index (κ3) is 5.07. The van der Waals surface area contributed by atoms with Gasteiger partial charge in [-0.25, -0.2) is 4.79 Å². The lowest BCUT2D eigenvalue weighted by atomic mass is 10.1. The molecule has 2 aromatic carbocycles. The first-order valence-corrected chi connectivity index (χ1v) is 8.66. The topological polar surface area (TPSA) is 109 Å². The van der Waals surface area contributed by atoms with Crippen LogP contribution in [-0.4, -0.2) is 23.3 Å². The zero-order valence-corrected chi connectivity index (χ0v) is 15.5. The van der Waals surface area contributed by atoms with E-state index in [1.165, 1.54) is 18.2 Å². The summed E-state index contributed by atoms with van der Waals surface area (Å²) in [6, 6.07) is 16.2. The second-order valence-electron chi connectivity index (χ2n) is 6.13. The van der Waals surface area contributed by atoms with Gasteiger partial charge in [-0.1, -0.05) is 30.3 Å². The van der Waals surface area contributed by atoms with E-state index in [9.17, 15) is 19.7 Å². The molecule has 1 heterocycles. The average Bonchev–Trinajstić information content (AvgIpc) is 3.20. The van der Waals surface area contributed by atoms with Crippen LogP contribution in [0, 0.1) is 17.0 Å². The van der Waals surface area contributed by atoms with Gasteiger partial charge in [-0.05, 0) is 31.2 Å². The van der Waals surface area contributed by atoms with Crippen LogP contribution in [0.15, 0.2) is 65.1 Å². The lowest BCUT2D eigenvalue weighted by Gasteiger charge is -2.05. The fourth-order valence-corrected chi connectivity index (χ4v) is 2.50. The van der Waals surface area contributed by atoms with E-state index in [1.54, 1.807) is 25.1 Å². The summed E-state index contributed by atoms with van der Waals surface area (Å²) in [6.45, 7) is 1.14. The largest absolute Gasteiger partial charge is 0.486 e. The molecule has 0 atom stereocenters. The fraction of sp³-hybridized carbons (Fsp3) is 0.143. The van der Waals surface area contributed by atoms with Crippen LogP contribution in [0.4, 0.5) is 5.69 Å². The van der Waals surface area contributed by atoms with Crippen LogP contribution in [0.3, 0.4) is 0 Å². The number of benzene rings is 2. The average molecular weight is 395 g/mol. The molecule has 8 nitrogen and oxygen atoms in total. The van der Waals surface area contributed by atoms with Crippen LogP contribution in [0.2, 0.25) is 0 Å². The monoisotopic (exact) mass is 395 g/mol. The van der Waals surface area contributed by atoms with Crippen molar-refractivity contribution >= 4 is 17.4 Å². The molecule has 0 aliphatic carbocycles. The Morgan fingerprint density at radius 1 is 1.07 bits per heavy atom. The molecule has 0 bridgehead atoms. The number of hydrogen-bond donors (Lipinski definition) is 0. The van der Waals surface area contributed by atoms with Crippen molar-refractivity contribution in [1.82, 2.24) is 0 Å². The van der Waals surface area contributed by atoms with Gasteiger partial charge in [0.05, 0.1) is 4.92 Å². The van der Waals surface area contributed by atoms with Gasteiger partial charge in [0.25, 0.3) is 5.69 Å². The number of Topliss-reactive ketones (excluding diaryl/α,β-unsaturated/α-hetero) is 1. The summed E-state index contributed by atoms with van der Waals surface area (Å²) in [7, 11) is 0. The summed E-state index contributed by atoms with van der Waals surface area (Å²) in [5.74, 6) is -0.363.